The molecule has 3 heterocycles. The highest BCUT2D eigenvalue weighted by atomic mass is 19.1. The predicted molar refractivity (Wildman–Crippen MR) is 83.0 cm³/mol. The summed E-state index contributed by atoms with van der Waals surface area (Å²) in [6, 6.07) is 4.06. The lowest BCUT2D eigenvalue weighted by molar-refractivity contribution is -0.131. The summed E-state index contributed by atoms with van der Waals surface area (Å²) in [6.45, 7) is 2.73. The molecular formula is C17H24FN3O. The summed E-state index contributed by atoms with van der Waals surface area (Å²) < 4.78 is 12.8. The molecule has 5 heteroatoms. The van der Waals surface area contributed by atoms with Gasteiger partial charge in [0.2, 0.25) is 5.91 Å². The van der Waals surface area contributed by atoms with Crippen molar-refractivity contribution in [1.82, 2.24) is 14.8 Å². The predicted octanol–water partition coefficient (Wildman–Crippen LogP) is 2.40. The van der Waals surface area contributed by atoms with Gasteiger partial charge in [0.1, 0.15) is 6.67 Å². The van der Waals surface area contributed by atoms with Gasteiger partial charge in [-0.2, -0.15) is 0 Å². The fourth-order valence-corrected chi connectivity index (χ4v) is 3.98. The third kappa shape index (κ3) is 3.14. The molecule has 2 aliphatic heterocycles. The lowest BCUT2D eigenvalue weighted by Gasteiger charge is -2.37. The minimum atomic E-state index is -0.438. The number of alkyl halides is 1. The maximum atomic E-state index is 12.8. The molecule has 1 aromatic heterocycles. The summed E-state index contributed by atoms with van der Waals surface area (Å²) in [6.07, 6.45) is 8.21. The van der Waals surface area contributed by atoms with E-state index in [1.165, 1.54) is 5.56 Å². The van der Waals surface area contributed by atoms with Gasteiger partial charge in [-0.3, -0.25) is 14.7 Å². The average Bonchev–Trinajstić information content (AvgIpc) is 2.72. The topological polar surface area (TPSA) is 36.4 Å². The molecule has 2 fully saturated rings. The first-order chi connectivity index (χ1) is 10.7. The van der Waals surface area contributed by atoms with E-state index in [4.69, 9.17) is 0 Å². The molecular weight excluding hydrogens is 281 g/mol. The smallest absolute Gasteiger partial charge is 0.223 e. The molecule has 1 atom stereocenters. The number of amides is 1. The van der Waals surface area contributed by atoms with Crippen LogP contribution in [0, 0.1) is 0 Å². The SMILES string of the molecule is O=C1CC[C@@]2(CCCN(Cc3cccnc3)CC2)N1CCF. The van der Waals surface area contributed by atoms with Gasteiger partial charge in [-0.25, -0.2) is 4.39 Å². The summed E-state index contributed by atoms with van der Waals surface area (Å²) >= 11 is 0. The lowest BCUT2D eigenvalue weighted by Crippen LogP contribution is -2.47. The molecule has 0 radical (unpaired) electrons. The number of aromatic nitrogens is 1. The Morgan fingerprint density at radius 2 is 2.18 bits per heavy atom. The number of hydrogen-bond acceptors (Lipinski definition) is 3. The van der Waals surface area contributed by atoms with E-state index in [1.807, 2.05) is 17.2 Å². The lowest BCUT2D eigenvalue weighted by atomic mass is 9.88. The molecule has 0 saturated carbocycles. The van der Waals surface area contributed by atoms with Gasteiger partial charge in [-0.15, -0.1) is 0 Å². The van der Waals surface area contributed by atoms with Gasteiger partial charge in [0.15, 0.2) is 0 Å². The number of carbonyl (C=O) groups excluding carboxylic acids is 1. The fraction of sp³-hybridized carbons (Fsp3) is 0.647. The summed E-state index contributed by atoms with van der Waals surface area (Å²) in [5.74, 6) is 0.137. The first kappa shape index (κ1) is 15.4. The molecule has 0 N–H and O–H groups in total. The van der Waals surface area contributed by atoms with E-state index in [-0.39, 0.29) is 18.0 Å². The Labute approximate surface area is 131 Å². The van der Waals surface area contributed by atoms with Crippen molar-refractivity contribution in [3.8, 4) is 0 Å². The summed E-state index contributed by atoms with van der Waals surface area (Å²) in [7, 11) is 0. The third-order valence-corrected chi connectivity index (χ3v) is 5.12. The number of rotatable bonds is 4. The second-order valence-corrected chi connectivity index (χ2v) is 6.45. The van der Waals surface area contributed by atoms with Gasteiger partial charge < -0.3 is 4.90 Å². The van der Waals surface area contributed by atoms with Crippen LogP contribution >= 0.6 is 0 Å². The van der Waals surface area contributed by atoms with Gasteiger partial charge in [0.05, 0.1) is 0 Å². The maximum absolute atomic E-state index is 12.8. The zero-order chi connectivity index (χ0) is 15.4. The molecule has 1 aromatic rings. The summed E-state index contributed by atoms with van der Waals surface area (Å²) in [5.41, 5.74) is 1.13. The molecule has 2 aliphatic rings. The van der Waals surface area contributed by atoms with Gasteiger partial charge in [-0.1, -0.05) is 6.07 Å². The number of halogens is 1. The van der Waals surface area contributed by atoms with E-state index in [1.54, 1.807) is 6.20 Å². The second kappa shape index (κ2) is 6.73. The first-order valence-electron chi connectivity index (χ1n) is 8.21. The van der Waals surface area contributed by atoms with E-state index in [9.17, 15) is 9.18 Å². The van der Waals surface area contributed by atoms with Crippen LogP contribution in [0.1, 0.15) is 37.7 Å². The van der Waals surface area contributed by atoms with Crippen molar-refractivity contribution < 1.29 is 9.18 Å². The van der Waals surface area contributed by atoms with Crippen LogP contribution in [-0.2, 0) is 11.3 Å². The number of nitrogens with zero attached hydrogens (tertiary/aromatic N) is 3. The zero-order valence-corrected chi connectivity index (χ0v) is 13.0. The second-order valence-electron chi connectivity index (χ2n) is 6.45. The van der Waals surface area contributed by atoms with Gasteiger partial charge in [0, 0.05) is 44.0 Å². The molecule has 120 valence electrons. The highest BCUT2D eigenvalue weighted by Gasteiger charge is 2.45. The number of hydrogen-bond donors (Lipinski definition) is 0. The van der Waals surface area contributed by atoms with Crippen molar-refractivity contribution in [2.75, 3.05) is 26.3 Å². The standard InChI is InChI=1S/C17H24FN3O/c18-8-12-21-16(22)4-6-17(21)5-2-10-20(11-7-17)14-15-3-1-9-19-13-15/h1,3,9,13H,2,4-8,10-12,14H2/t17-/m1/s1. The van der Waals surface area contributed by atoms with Crippen molar-refractivity contribution in [2.24, 2.45) is 0 Å². The van der Waals surface area contributed by atoms with Crippen LogP contribution in [0.5, 0.6) is 0 Å². The molecule has 4 nitrogen and oxygen atoms in total. The normalized spacial score (nSPS) is 26.6. The summed E-state index contributed by atoms with van der Waals surface area (Å²) in [5, 5.41) is 0. The molecule has 3 rings (SSSR count). The summed E-state index contributed by atoms with van der Waals surface area (Å²) in [4.78, 5) is 20.5. The number of pyridine rings is 1. The van der Waals surface area contributed by atoms with E-state index in [0.29, 0.717) is 6.42 Å². The monoisotopic (exact) mass is 305 g/mol. The Kier molecular flexibility index (Phi) is 4.71. The highest BCUT2D eigenvalue weighted by Crippen LogP contribution is 2.39. The Morgan fingerprint density at radius 1 is 1.27 bits per heavy atom. The Balaban J connectivity index is 1.65. The Hall–Kier alpha value is -1.49. The molecule has 0 bridgehead atoms. The minimum absolute atomic E-state index is 0.0904. The first-order valence-corrected chi connectivity index (χ1v) is 8.21. The van der Waals surface area contributed by atoms with Gasteiger partial charge in [0.25, 0.3) is 0 Å². The van der Waals surface area contributed by atoms with E-state index >= 15 is 0 Å². The average molecular weight is 305 g/mol. The number of likely N-dealkylation sites (tertiary alicyclic amines) is 2. The molecule has 1 spiro atoms. The van der Waals surface area contributed by atoms with Crippen molar-refractivity contribution in [3.05, 3.63) is 30.1 Å². The molecule has 0 unspecified atom stereocenters. The van der Waals surface area contributed by atoms with Crippen molar-refractivity contribution in [2.45, 2.75) is 44.2 Å². The van der Waals surface area contributed by atoms with E-state index < -0.39 is 6.67 Å². The van der Waals surface area contributed by atoms with E-state index in [0.717, 1.165) is 45.3 Å². The van der Waals surface area contributed by atoms with Crippen molar-refractivity contribution >= 4 is 5.91 Å². The third-order valence-electron chi connectivity index (χ3n) is 5.12. The van der Waals surface area contributed by atoms with Crippen LogP contribution in [0.15, 0.2) is 24.5 Å². The van der Waals surface area contributed by atoms with Crippen LogP contribution in [0.4, 0.5) is 4.39 Å². The number of carbonyl (C=O) groups is 1. The van der Waals surface area contributed by atoms with E-state index in [2.05, 4.69) is 16.0 Å². The van der Waals surface area contributed by atoms with Crippen LogP contribution < -0.4 is 0 Å². The molecule has 2 saturated heterocycles. The Bertz CT molecular complexity index is 510. The maximum Gasteiger partial charge on any atom is 0.223 e. The Morgan fingerprint density at radius 3 is 2.95 bits per heavy atom. The molecule has 0 aliphatic carbocycles. The molecule has 1 amide bonds. The highest BCUT2D eigenvalue weighted by molar-refractivity contribution is 5.79. The quantitative estimate of drug-likeness (QED) is 0.857. The molecule has 22 heavy (non-hydrogen) atoms. The van der Waals surface area contributed by atoms with Crippen LogP contribution in [0.25, 0.3) is 0 Å². The zero-order valence-electron chi connectivity index (χ0n) is 13.0. The largest absolute Gasteiger partial charge is 0.334 e. The van der Waals surface area contributed by atoms with Gasteiger partial charge in [-0.05, 0) is 43.9 Å². The fourth-order valence-electron chi connectivity index (χ4n) is 3.98. The van der Waals surface area contributed by atoms with Crippen LogP contribution in [0.2, 0.25) is 0 Å². The van der Waals surface area contributed by atoms with Crippen LogP contribution in [-0.4, -0.2) is 52.5 Å². The molecule has 0 aromatic carbocycles. The van der Waals surface area contributed by atoms with Crippen molar-refractivity contribution in [1.29, 1.82) is 0 Å². The minimum Gasteiger partial charge on any atom is -0.334 e. The van der Waals surface area contributed by atoms with Gasteiger partial charge >= 0.3 is 0 Å². The van der Waals surface area contributed by atoms with Crippen molar-refractivity contribution in [3.63, 3.8) is 0 Å². The van der Waals surface area contributed by atoms with Crippen LogP contribution in [0.3, 0.4) is 0 Å².